The van der Waals surface area contributed by atoms with E-state index in [0.717, 1.165) is 22.6 Å². The normalized spacial score (nSPS) is 13.9. The number of pyridine rings is 2. The third-order valence-electron chi connectivity index (χ3n) is 4.48. The first kappa shape index (κ1) is 16.0. The van der Waals surface area contributed by atoms with E-state index in [4.69, 9.17) is 4.98 Å². The molecule has 0 saturated carbocycles. The summed E-state index contributed by atoms with van der Waals surface area (Å²) in [5.41, 5.74) is 7.91. The van der Waals surface area contributed by atoms with Crippen molar-refractivity contribution in [2.45, 2.75) is 26.2 Å². The zero-order valence-electron chi connectivity index (χ0n) is 13.3. The Bertz CT molecular complexity index is 870. The second-order valence-electron chi connectivity index (χ2n) is 6.36. The van der Waals surface area contributed by atoms with Crippen LogP contribution in [0, 0.1) is 13.0 Å². The van der Waals surface area contributed by atoms with Gasteiger partial charge in [0.25, 0.3) is 0 Å². The van der Waals surface area contributed by atoms with Gasteiger partial charge in [-0.1, -0.05) is 37.6 Å². The van der Waals surface area contributed by atoms with Crippen LogP contribution in [0.4, 0.5) is 0 Å². The van der Waals surface area contributed by atoms with Crippen molar-refractivity contribution in [3.8, 4) is 22.4 Å². The van der Waals surface area contributed by atoms with Crippen LogP contribution in [0.2, 0.25) is 0 Å². The Kier molecular flexibility index (Phi) is 3.95. The molecule has 0 N–H and O–H groups in total. The first-order valence-corrected chi connectivity index (χ1v) is 7.53. The molecule has 0 spiro atoms. The van der Waals surface area contributed by atoms with Crippen molar-refractivity contribution in [3.63, 3.8) is 0 Å². The van der Waals surface area contributed by atoms with Gasteiger partial charge in [0.05, 0.1) is 0 Å². The predicted molar refractivity (Wildman–Crippen MR) is 88.6 cm³/mol. The molecule has 2 heterocycles. The van der Waals surface area contributed by atoms with Crippen LogP contribution in [-0.2, 0) is 25.5 Å². The van der Waals surface area contributed by atoms with E-state index < -0.39 is 0 Å². The van der Waals surface area contributed by atoms with E-state index in [2.05, 4.69) is 49.2 Å². The Labute approximate surface area is 150 Å². The van der Waals surface area contributed by atoms with Gasteiger partial charge in [-0.05, 0) is 30.3 Å². The maximum absolute atomic E-state index is 4.79. The second-order valence-corrected chi connectivity index (χ2v) is 6.36. The van der Waals surface area contributed by atoms with E-state index in [1.54, 1.807) is 0 Å². The van der Waals surface area contributed by atoms with Crippen molar-refractivity contribution >= 4 is 0 Å². The van der Waals surface area contributed by atoms with Crippen molar-refractivity contribution in [1.82, 2.24) is 9.97 Å². The summed E-state index contributed by atoms with van der Waals surface area (Å²) in [6.45, 7) is 6.53. The minimum Gasteiger partial charge on any atom is -0.305 e. The van der Waals surface area contributed by atoms with E-state index in [1.165, 1.54) is 16.7 Å². The SMILES string of the molecule is Cc1ccc2c(n1)C(C)(C)c1cc(-c3ccccn3)[c-]cc1-2.[Ir]. The summed E-state index contributed by atoms with van der Waals surface area (Å²) in [6.07, 6.45) is 1.82. The van der Waals surface area contributed by atoms with Gasteiger partial charge >= 0.3 is 0 Å². The summed E-state index contributed by atoms with van der Waals surface area (Å²) in [5.74, 6) is 0. The van der Waals surface area contributed by atoms with E-state index >= 15 is 0 Å². The van der Waals surface area contributed by atoms with Crippen LogP contribution >= 0.6 is 0 Å². The predicted octanol–water partition coefficient (Wildman–Crippen LogP) is 4.56. The van der Waals surface area contributed by atoms with Crippen LogP contribution in [0.5, 0.6) is 0 Å². The molecule has 0 saturated heterocycles. The topological polar surface area (TPSA) is 25.8 Å². The van der Waals surface area contributed by atoms with E-state index in [-0.39, 0.29) is 25.5 Å². The van der Waals surface area contributed by atoms with Crippen molar-refractivity contribution in [1.29, 1.82) is 0 Å². The molecule has 4 rings (SSSR count). The zero-order valence-corrected chi connectivity index (χ0v) is 15.7. The molecule has 0 aliphatic heterocycles. The van der Waals surface area contributed by atoms with Gasteiger partial charge in [0.1, 0.15) is 0 Å². The summed E-state index contributed by atoms with van der Waals surface area (Å²) in [7, 11) is 0. The molecule has 1 aliphatic carbocycles. The van der Waals surface area contributed by atoms with Crippen LogP contribution in [0.1, 0.15) is 30.8 Å². The summed E-state index contributed by atoms with van der Waals surface area (Å²) in [5, 5.41) is 0. The molecule has 23 heavy (non-hydrogen) atoms. The molecule has 1 aliphatic rings. The number of nitrogens with zero attached hydrogens (tertiary/aromatic N) is 2. The first-order valence-electron chi connectivity index (χ1n) is 7.53. The average Bonchev–Trinajstić information content (AvgIpc) is 2.76. The Morgan fingerprint density at radius 3 is 2.61 bits per heavy atom. The number of aromatic nitrogens is 2. The quantitative estimate of drug-likeness (QED) is 0.481. The number of benzene rings is 1. The number of hydrogen-bond acceptors (Lipinski definition) is 2. The maximum Gasteiger partial charge on any atom is 0.0477 e. The van der Waals surface area contributed by atoms with Gasteiger partial charge in [-0.15, -0.1) is 29.3 Å². The third kappa shape index (κ3) is 2.45. The minimum atomic E-state index is -0.0880. The van der Waals surface area contributed by atoms with Crippen LogP contribution in [-0.4, -0.2) is 9.97 Å². The van der Waals surface area contributed by atoms with Crippen LogP contribution in [0.15, 0.2) is 48.7 Å². The fraction of sp³-hybridized carbons (Fsp3) is 0.200. The van der Waals surface area contributed by atoms with Crippen molar-refractivity contribution in [2.24, 2.45) is 0 Å². The third-order valence-corrected chi connectivity index (χ3v) is 4.48. The fourth-order valence-electron chi connectivity index (χ4n) is 3.28. The largest absolute Gasteiger partial charge is 0.305 e. The number of hydrogen-bond donors (Lipinski definition) is 0. The summed E-state index contributed by atoms with van der Waals surface area (Å²) >= 11 is 0. The molecule has 0 fully saturated rings. The van der Waals surface area contributed by atoms with E-state index in [9.17, 15) is 0 Å². The molecule has 3 aromatic rings. The van der Waals surface area contributed by atoms with Crippen molar-refractivity contribution in [2.75, 3.05) is 0 Å². The Morgan fingerprint density at radius 2 is 1.87 bits per heavy atom. The van der Waals surface area contributed by atoms with Gasteiger partial charge in [0.2, 0.25) is 0 Å². The molecule has 117 valence electrons. The molecule has 0 amide bonds. The summed E-state index contributed by atoms with van der Waals surface area (Å²) in [6, 6.07) is 17.9. The van der Waals surface area contributed by atoms with E-state index in [0.29, 0.717) is 0 Å². The molecule has 2 aromatic heterocycles. The van der Waals surface area contributed by atoms with Gasteiger partial charge in [0, 0.05) is 43.1 Å². The molecule has 3 heteroatoms. The molecular formula is C20H17IrN2-. The Morgan fingerprint density at radius 1 is 1.04 bits per heavy atom. The van der Waals surface area contributed by atoms with Crippen LogP contribution in [0.25, 0.3) is 22.4 Å². The maximum atomic E-state index is 4.79. The Hall–Kier alpha value is -1.83. The molecule has 1 aromatic carbocycles. The minimum absolute atomic E-state index is 0. The van der Waals surface area contributed by atoms with Crippen LogP contribution in [0.3, 0.4) is 0 Å². The van der Waals surface area contributed by atoms with Crippen molar-refractivity contribution < 1.29 is 20.1 Å². The van der Waals surface area contributed by atoms with Gasteiger partial charge in [-0.3, -0.25) is 4.98 Å². The zero-order chi connectivity index (χ0) is 15.3. The van der Waals surface area contributed by atoms with E-state index in [1.807, 2.05) is 31.3 Å². The molecule has 0 unspecified atom stereocenters. The number of fused-ring (bicyclic) bond motifs is 3. The second kappa shape index (κ2) is 5.67. The summed E-state index contributed by atoms with van der Waals surface area (Å²) < 4.78 is 0. The molecule has 2 nitrogen and oxygen atoms in total. The number of aryl methyl sites for hydroxylation is 1. The van der Waals surface area contributed by atoms with Crippen LogP contribution < -0.4 is 0 Å². The smallest absolute Gasteiger partial charge is 0.0477 e. The van der Waals surface area contributed by atoms with Gasteiger partial charge < -0.3 is 4.98 Å². The van der Waals surface area contributed by atoms with Crippen molar-refractivity contribution in [3.05, 3.63) is 71.7 Å². The molecule has 0 atom stereocenters. The molecule has 0 bridgehead atoms. The summed E-state index contributed by atoms with van der Waals surface area (Å²) in [4.78, 5) is 9.23. The van der Waals surface area contributed by atoms with Gasteiger partial charge in [0.15, 0.2) is 0 Å². The molecule has 1 radical (unpaired) electrons. The number of rotatable bonds is 1. The standard InChI is InChI=1S/C20H17N2.Ir/c1-13-7-9-16-15-10-8-14(18-6-4-5-11-21-18)12-17(15)20(2,3)19(16)22-13;/h4-7,9-12H,1-3H3;/q-1;. The average molecular weight is 478 g/mol. The Balaban J connectivity index is 0.00000156. The molecular weight excluding hydrogens is 460 g/mol. The monoisotopic (exact) mass is 478 g/mol. The van der Waals surface area contributed by atoms with Gasteiger partial charge in [-0.2, -0.15) is 0 Å². The fourth-order valence-corrected chi connectivity index (χ4v) is 3.28. The van der Waals surface area contributed by atoms with Gasteiger partial charge in [-0.25, -0.2) is 0 Å². The first-order chi connectivity index (χ1) is 10.6.